The molecule has 3 N–H and O–H groups in total. The number of rotatable bonds is 3. The molecule has 5 nitrogen and oxygen atoms in total. The van der Waals surface area contributed by atoms with Gasteiger partial charge in [-0.2, -0.15) is 0 Å². The zero-order chi connectivity index (χ0) is 15.6. The number of aryl methyl sites for hydroxylation is 1. The topological polar surface area (TPSA) is 75.9 Å². The van der Waals surface area contributed by atoms with Crippen LogP contribution in [0.15, 0.2) is 39.5 Å². The lowest BCUT2D eigenvalue weighted by Crippen LogP contribution is -2.01. The lowest BCUT2D eigenvalue weighted by atomic mass is 10.1. The average molecular weight is 323 g/mol. The largest absolute Gasteiger partial charge is 0.493 e. The fourth-order valence-electron chi connectivity index (χ4n) is 2.16. The van der Waals surface area contributed by atoms with Crippen molar-refractivity contribution in [2.75, 3.05) is 0 Å². The van der Waals surface area contributed by atoms with Crippen LogP contribution in [0.5, 0.6) is 5.88 Å². The normalized spacial score (nSPS) is 12.4. The number of nitrogens with two attached hydrogens (primary N) is 1. The van der Waals surface area contributed by atoms with E-state index < -0.39 is 0 Å². The van der Waals surface area contributed by atoms with Crippen molar-refractivity contribution in [1.82, 2.24) is 4.57 Å². The van der Waals surface area contributed by atoms with Gasteiger partial charge in [-0.25, -0.2) is 0 Å². The predicted molar refractivity (Wildman–Crippen MR) is 89.3 cm³/mol. The molecule has 110 valence electrons. The Kier molecular flexibility index (Phi) is 4.59. The Labute approximate surface area is 132 Å². The molecular formula is C14H15ClN4OS. The third-order valence-corrected chi connectivity index (χ3v) is 3.27. The van der Waals surface area contributed by atoms with Gasteiger partial charge in [-0.3, -0.25) is 0 Å². The average Bonchev–Trinajstić information content (AvgIpc) is 2.67. The Balaban J connectivity index is 2.70. The van der Waals surface area contributed by atoms with E-state index in [0.717, 1.165) is 16.5 Å². The molecule has 0 atom stereocenters. The van der Waals surface area contributed by atoms with Crippen LogP contribution < -0.4 is 5.73 Å². The molecule has 21 heavy (non-hydrogen) atoms. The minimum Gasteiger partial charge on any atom is -0.493 e. The van der Waals surface area contributed by atoms with Crippen molar-refractivity contribution >= 4 is 45.5 Å². The number of azo groups is 1. The molecule has 0 radical (unpaired) electrons. The summed E-state index contributed by atoms with van der Waals surface area (Å²) in [6, 6.07) is 5.72. The third kappa shape index (κ3) is 3.22. The number of thiocarbonyl (C=S) groups is 1. The highest BCUT2D eigenvalue weighted by Crippen LogP contribution is 2.40. The number of hydrogen-bond acceptors (Lipinski definition) is 3. The Morgan fingerprint density at radius 2 is 2.24 bits per heavy atom. The first-order valence-electron chi connectivity index (χ1n) is 6.26. The molecule has 0 aliphatic carbocycles. The summed E-state index contributed by atoms with van der Waals surface area (Å²) in [5.74, 6) is 0.00784. The maximum atomic E-state index is 10.4. The maximum Gasteiger partial charge on any atom is 0.221 e. The number of fused-ring (bicyclic) bond motifs is 1. The molecule has 0 fully saturated rings. The molecule has 7 heteroatoms. The molecule has 0 unspecified atom stereocenters. The van der Waals surface area contributed by atoms with E-state index in [1.54, 1.807) is 11.5 Å². The Bertz CT molecular complexity index is 760. The van der Waals surface area contributed by atoms with Gasteiger partial charge in [0.2, 0.25) is 11.0 Å². The van der Waals surface area contributed by atoms with Crippen molar-refractivity contribution in [3.05, 3.63) is 34.9 Å². The lowest BCUT2D eigenvalue weighted by molar-refractivity contribution is 0.430. The summed E-state index contributed by atoms with van der Waals surface area (Å²) in [6.07, 6.45) is 1.81. The second-order valence-electron chi connectivity index (χ2n) is 4.58. The summed E-state index contributed by atoms with van der Waals surface area (Å²) in [4.78, 5) is 0. The highest BCUT2D eigenvalue weighted by Gasteiger charge is 2.17. The third-order valence-electron chi connectivity index (χ3n) is 3.03. The number of aromatic hydroxyl groups is 1. The van der Waals surface area contributed by atoms with Gasteiger partial charge < -0.3 is 15.4 Å². The number of halogens is 1. The molecule has 1 heterocycles. The minimum absolute atomic E-state index is 0.00784. The van der Waals surface area contributed by atoms with Crippen LogP contribution in [0.1, 0.15) is 12.5 Å². The van der Waals surface area contributed by atoms with Crippen LogP contribution in [0, 0.1) is 6.92 Å². The van der Waals surface area contributed by atoms with Gasteiger partial charge in [0.05, 0.1) is 5.52 Å². The molecule has 2 rings (SSSR count). The van der Waals surface area contributed by atoms with Gasteiger partial charge in [0, 0.05) is 17.0 Å². The van der Waals surface area contributed by atoms with Crippen molar-refractivity contribution in [2.24, 2.45) is 16.0 Å². The molecule has 1 aromatic carbocycles. The van der Waals surface area contributed by atoms with Crippen molar-refractivity contribution in [3.8, 4) is 5.88 Å². The standard InChI is InChI=1S/C14H15ClN4OS/c1-8-4-3-5-10-11(17-18-14(16)21)13(20)19(12(8)10)7-6-9(2)15/h3-6,20H,7H2,1-2H3,(H2,16,21). The number of para-hydroxylation sites is 1. The van der Waals surface area contributed by atoms with Gasteiger partial charge in [-0.05, 0) is 31.6 Å². The van der Waals surface area contributed by atoms with Crippen molar-refractivity contribution in [1.29, 1.82) is 0 Å². The number of benzene rings is 1. The van der Waals surface area contributed by atoms with Crippen LogP contribution in [0.25, 0.3) is 10.9 Å². The molecule has 0 aliphatic heterocycles. The Morgan fingerprint density at radius 1 is 1.52 bits per heavy atom. The molecule has 0 saturated heterocycles. The van der Waals surface area contributed by atoms with Crippen LogP contribution in [-0.4, -0.2) is 14.8 Å². The summed E-state index contributed by atoms with van der Waals surface area (Å²) in [5.41, 5.74) is 7.56. The monoisotopic (exact) mass is 322 g/mol. The van der Waals surface area contributed by atoms with E-state index in [2.05, 4.69) is 22.4 Å². The maximum absolute atomic E-state index is 10.4. The fraction of sp³-hybridized carbons (Fsp3) is 0.214. The van der Waals surface area contributed by atoms with E-state index in [-0.39, 0.29) is 11.0 Å². The van der Waals surface area contributed by atoms with Gasteiger partial charge >= 0.3 is 0 Å². The number of allylic oxidation sites excluding steroid dienone is 2. The second kappa shape index (κ2) is 6.24. The van der Waals surface area contributed by atoms with Crippen LogP contribution in [0.4, 0.5) is 5.69 Å². The molecule has 0 bridgehead atoms. The zero-order valence-electron chi connectivity index (χ0n) is 11.7. The van der Waals surface area contributed by atoms with Gasteiger partial charge in [0.1, 0.15) is 0 Å². The van der Waals surface area contributed by atoms with E-state index in [9.17, 15) is 5.11 Å². The molecule has 0 amide bonds. The summed E-state index contributed by atoms with van der Waals surface area (Å²) >= 11 is 10.6. The van der Waals surface area contributed by atoms with E-state index in [4.69, 9.17) is 17.3 Å². The second-order valence-corrected chi connectivity index (χ2v) is 5.60. The van der Waals surface area contributed by atoms with Gasteiger partial charge in [-0.15, -0.1) is 10.2 Å². The van der Waals surface area contributed by atoms with E-state index in [1.165, 1.54) is 0 Å². The van der Waals surface area contributed by atoms with Gasteiger partial charge in [-0.1, -0.05) is 35.9 Å². The molecule has 2 aromatic rings. The molecule has 0 aliphatic rings. The van der Waals surface area contributed by atoms with Crippen molar-refractivity contribution < 1.29 is 5.11 Å². The summed E-state index contributed by atoms with van der Waals surface area (Å²) in [7, 11) is 0. The Morgan fingerprint density at radius 3 is 2.86 bits per heavy atom. The minimum atomic E-state index is -0.0838. The highest BCUT2D eigenvalue weighted by atomic mass is 35.5. The molecule has 0 saturated carbocycles. The lowest BCUT2D eigenvalue weighted by Gasteiger charge is -2.05. The summed E-state index contributed by atoms with van der Waals surface area (Å²) < 4.78 is 1.73. The molecule has 1 aromatic heterocycles. The van der Waals surface area contributed by atoms with E-state index in [1.807, 2.05) is 31.2 Å². The van der Waals surface area contributed by atoms with E-state index >= 15 is 0 Å². The summed E-state index contributed by atoms with van der Waals surface area (Å²) in [6.45, 7) is 4.18. The van der Waals surface area contributed by atoms with Crippen LogP contribution in [0.3, 0.4) is 0 Å². The van der Waals surface area contributed by atoms with Crippen LogP contribution in [0.2, 0.25) is 0 Å². The van der Waals surface area contributed by atoms with Gasteiger partial charge in [0.15, 0.2) is 5.69 Å². The summed E-state index contributed by atoms with van der Waals surface area (Å²) in [5, 5.41) is 19.4. The van der Waals surface area contributed by atoms with Crippen molar-refractivity contribution in [2.45, 2.75) is 20.4 Å². The smallest absolute Gasteiger partial charge is 0.221 e. The van der Waals surface area contributed by atoms with E-state index in [0.29, 0.717) is 17.3 Å². The SMILES string of the molecule is CC(Cl)=CCn1c(O)c(N=NC(N)=S)c2cccc(C)c21. The number of aromatic nitrogens is 1. The van der Waals surface area contributed by atoms with Crippen LogP contribution >= 0.6 is 23.8 Å². The van der Waals surface area contributed by atoms with Crippen molar-refractivity contribution in [3.63, 3.8) is 0 Å². The first kappa shape index (κ1) is 15.5. The first-order chi connectivity index (χ1) is 9.91. The number of hydrogen-bond donors (Lipinski definition) is 2. The predicted octanol–water partition coefficient (Wildman–Crippen LogP) is 4.13. The molecular weight excluding hydrogens is 308 g/mol. The Hall–Kier alpha value is -1.92. The highest BCUT2D eigenvalue weighted by molar-refractivity contribution is 7.80. The quantitative estimate of drug-likeness (QED) is 0.659. The van der Waals surface area contributed by atoms with Gasteiger partial charge in [0.25, 0.3) is 0 Å². The first-order valence-corrected chi connectivity index (χ1v) is 7.04. The molecule has 0 spiro atoms. The number of nitrogens with zero attached hydrogens (tertiary/aromatic N) is 3. The zero-order valence-corrected chi connectivity index (χ0v) is 13.2. The fourth-order valence-corrected chi connectivity index (χ4v) is 2.27. The van der Waals surface area contributed by atoms with Crippen LogP contribution in [-0.2, 0) is 6.54 Å².